The van der Waals surface area contributed by atoms with Gasteiger partial charge in [-0.3, -0.25) is 9.59 Å². The van der Waals surface area contributed by atoms with E-state index in [0.29, 0.717) is 5.56 Å². The van der Waals surface area contributed by atoms with Crippen molar-refractivity contribution in [2.45, 2.75) is 33.3 Å². The van der Waals surface area contributed by atoms with E-state index in [1.165, 1.54) is 5.56 Å². The zero-order valence-electron chi connectivity index (χ0n) is 16.1. The van der Waals surface area contributed by atoms with Crippen LogP contribution in [0.25, 0.3) is 0 Å². The highest BCUT2D eigenvalue weighted by atomic mass is 32.1. The summed E-state index contributed by atoms with van der Waals surface area (Å²) < 4.78 is 5.27. The molecule has 8 heteroatoms. The van der Waals surface area contributed by atoms with E-state index in [1.54, 1.807) is 20.8 Å². The molecule has 7 nitrogen and oxygen atoms in total. The number of amides is 2. The van der Waals surface area contributed by atoms with Gasteiger partial charge in [0, 0.05) is 12.2 Å². The predicted molar refractivity (Wildman–Crippen MR) is 109 cm³/mol. The van der Waals surface area contributed by atoms with Gasteiger partial charge in [0.05, 0.1) is 23.1 Å². The Kier molecular flexibility index (Phi) is 5.69. The van der Waals surface area contributed by atoms with Crippen LogP contribution in [0, 0.1) is 6.92 Å². The number of para-hydroxylation sites is 1. The third-order valence-corrected chi connectivity index (χ3v) is 5.71. The quantitative estimate of drug-likeness (QED) is 0.725. The maximum atomic E-state index is 12.7. The van der Waals surface area contributed by atoms with Crippen LogP contribution in [-0.2, 0) is 16.0 Å². The molecular weight excluding hydrogens is 378 g/mol. The number of thiophene rings is 1. The van der Waals surface area contributed by atoms with E-state index in [0.717, 1.165) is 30.0 Å². The monoisotopic (exact) mass is 401 g/mol. The van der Waals surface area contributed by atoms with Crippen molar-refractivity contribution < 1.29 is 19.1 Å². The van der Waals surface area contributed by atoms with E-state index in [1.807, 2.05) is 23.1 Å². The second kappa shape index (κ2) is 8.02. The summed E-state index contributed by atoms with van der Waals surface area (Å²) in [4.78, 5) is 39.1. The summed E-state index contributed by atoms with van der Waals surface area (Å²) in [7, 11) is 0. The molecule has 0 saturated heterocycles. The van der Waals surface area contributed by atoms with Crippen LogP contribution in [-0.4, -0.2) is 37.0 Å². The van der Waals surface area contributed by atoms with E-state index < -0.39 is 11.9 Å². The number of carbonyl (C=O) groups excluding carboxylic acids is 3. The van der Waals surface area contributed by atoms with Gasteiger partial charge in [0.15, 0.2) is 0 Å². The average Bonchev–Trinajstić information content (AvgIpc) is 3.15. The largest absolute Gasteiger partial charge is 0.459 e. The maximum Gasteiger partial charge on any atom is 0.341 e. The van der Waals surface area contributed by atoms with Crippen LogP contribution in [0.15, 0.2) is 24.3 Å². The first kappa shape index (κ1) is 19.9. The van der Waals surface area contributed by atoms with Crippen molar-refractivity contribution in [3.63, 3.8) is 0 Å². The van der Waals surface area contributed by atoms with Crippen LogP contribution >= 0.6 is 11.3 Å². The average molecular weight is 401 g/mol. The SMILES string of the molecule is Cc1c(C(N)=O)sc(NC(=O)CN2CCc3ccccc32)c1C(=O)OC(C)C. The molecule has 0 spiro atoms. The van der Waals surface area contributed by atoms with Crippen molar-refractivity contribution in [1.29, 1.82) is 0 Å². The van der Waals surface area contributed by atoms with Crippen molar-refractivity contribution in [3.05, 3.63) is 45.8 Å². The Morgan fingerprint density at radius 2 is 2.00 bits per heavy atom. The third-order valence-electron chi connectivity index (χ3n) is 4.49. The predicted octanol–water partition coefficient (Wildman–Crippen LogP) is 2.72. The summed E-state index contributed by atoms with van der Waals surface area (Å²) in [5.74, 6) is -1.50. The van der Waals surface area contributed by atoms with Crippen LogP contribution in [0.2, 0.25) is 0 Å². The lowest BCUT2D eigenvalue weighted by atomic mass is 10.1. The Balaban J connectivity index is 1.81. The smallest absolute Gasteiger partial charge is 0.341 e. The summed E-state index contributed by atoms with van der Waals surface area (Å²) in [6.07, 6.45) is 0.563. The molecule has 1 aromatic heterocycles. The molecule has 0 bridgehead atoms. The van der Waals surface area contributed by atoms with Crippen molar-refractivity contribution >= 4 is 39.8 Å². The number of primary amides is 1. The summed E-state index contributed by atoms with van der Waals surface area (Å²) in [6, 6.07) is 7.96. The lowest BCUT2D eigenvalue weighted by molar-refractivity contribution is -0.114. The molecule has 2 aromatic rings. The zero-order chi connectivity index (χ0) is 20.4. The molecule has 1 aliphatic heterocycles. The van der Waals surface area contributed by atoms with Gasteiger partial charge >= 0.3 is 5.97 Å². The van der Waals surface area contributed by atoms with Gasteiger partial charge in [-0.2, -0.15) is 0 Å². The molecule has 28 heavy (non-hydrogen) atoms. The molecule has 0 atom stereocenters. The van der Waals surface area contributed by atoms with E-state index in [4.69, 9.17) is 10.5 Å². The number of nitrogens with two attached hydrogens (primary N) is 1. The van der Waals surface area contributed by atoms with Gasteiger partial charge < -0.3 is 20.7 Å². The molecule has 0 radical (unpaired) electrons. The van der Waals surface area contributed by atoms with Crippen LogP contribution in [0.5, 0.6) is 0 Å². The Morgan fingerprint density at radius 1 is 1.29 bits per heavy atom. The molecular formula is C20H23N3O4S. The van der Waals surface area contributed by atoms with Crippen molar-refractivity contribution in [2.75, 3.05) is 23.3 Å². The summed E-state index contributed by atoms with van der Waals surface area (Å²) in [5, 5.41) is 3.05. The number of nitrogens with zero attached hydrogens (tertiary/aromatic N) is 1. The molecule has 0 saturated carbocycles. The number of benzene rings is 1. The molecule has 148 valence electrons. The number of ether oxygens (including phenoxy) is 1. The first-order chi connectivity index (χ1) is 13.3. The van der Waals surface area contributed by atoms with Gasteiger partial charge in [-0.1, -0.05) is 18.2 Å². The van der Waals surface area contributed by atoms with Gasteiger partial charge in [0.1, 0.15) is 5.00 Å². The summed E-state index contributed by atoms with van der Waals surface area (Å²) in [5.41, 5.74) is 8.26. The van der Waals surface area contributed by atoms with Crippen LogP contribution < -0.4 is 16.0 Å². The molecule has 2 heterocycles. The fourth-order valence-electron chi connectivity index (χ4n) is 3.27. The number of rotatable bonds is 6. The number of fused-ring (bicyclic) bond motifs is 1. The van der Waals surface area contributed by atoms with Gasteiger partial charge in [-0.15, -0.1) is 11.3 Å². The molecule has 0 aliphatic carbocycles. The summed E-state index contributed by atoms with van der Waals surface area (Å²) in [6.45, 7) is 6.00. The number of esters is 1. The first-order valence-corrected chi connectivity index (χ1v) is 9.86. The lowest BCUT2D eigenvalue weighted by Crippen LogP contribution is -2.32. The van der Waals surface area contributed by atoms with Gasteiger partial charge in [0.2, 0.25) is 5.91 Å². The number of carbonyl (C=O) groups is 3. The van der Waals surface area contributed by atoms with Crippen molar-refractivity contribution in [1.82, 2.24) is 0 Å². The Labute approximate surface area is 167 Å². The normalized spacial score (nSPS) is 12.8. The molecule has 3 N–H and O–H groups in total. The van der Waals surface area contributed by atoms with E-state index in [-0.39, 0.29) is 34.0 Å². The third kappa shape index (κ3) is 4.01. The highest BCUT2D eigenvalue weighted by Gasteiger charge is 2.27. The van der Waals surface area contributed by atoms with Gasteiger partial charge in [-0.25, -0.2) is 4.79 Å². The summed E-state index contributed by atoms with van der Waals surface area (Å²) >= 11 is 0.996. The molecule has 2 amide bonds. The lowest BCUT2D eigenvalue weighted by Gasteiger charge is -2.18. The Hall–Kier alpha value is -2.87. The zero-order valence-corrected chi connectivity index (χ0v) is 16.9. The van der Waals surface area contributed by atoms with Gasteiger partial charge in [-0.05, 0) is 44.4 Å². The van der Waals surface area contributed by atoms with Gasteiger partial charge in [0.25, 0.3) is 5.91 Å². The number of nitrogens with one attached hydrogen (secondary N) is 1. The van der Waals surface area contributed by atoms with E-state index in [2.05, 4.69) is 11.4 Å². The minimum Gasteiger partial charge on any atom is -0.459 e. The fourth-order valence-corrected chi connectivity index (χ4v) is 4.33. The first-order valence-electron chi connectivity index (χ1n) is 9.04. The topological polar surface area (TPSA) is 102 Å². The van der Waals surface area contributed by atoms with E-state index >= 15 is 0 Å². The molecule has 0 fully saturated rings. The highest BCUT2D eigenvalue weighted by Crippen LogP contribution is 2.34. The molecule has 1 aliphatic rings. The van der Waals surface area contributed by atoms with E-state index in [9.17, 15) is 14.4 Å². The van der Waals surface area contributed by atoms with Crippen molar-refractivity contribution in [3.8, 4) is 0 Å². The standard InChI is InChI=1S/C20H23N3O4S/c1-11(2)27-20(26)16-12(3)17(18(21)25)28-19(16)22-15(24)10-23-9-8-13-6-4-5-7-14(13)23/h4-7,11H,8-10H2,1-3H3,(H2,21,25)(H,22,24). The minimum atomic E-state index is -0.643. The van der Waals surface area contributed by atoms with Crippen LogP contribution in [0.1, 0.15) is 45.0 Å². The number of hydrogen-bond acceptors (Lipinski definition) is 6. The van der Waals surface area contributed by atoms with Crippen LogP contribution in [0.3, 0.4) is 0 Å². The number of hydrogen-bond donors (Lipinski definition) is 2. The second-order valence-corrected chi connectivity index (χ2v) is 7.95. The molecule has 3 rings (SSSR count). The highest BCUT2D eigenvalue weighted by molar-refractivity contribution is 7.18. The van der Waals surface area contributed by atoms with Crippen molar-refractivity contribution in [2.24, 2.45) is 5.73 Å². The molecule has 1 aromatic carbocycles. The minimum absolute atomic E-state index is 0.151. The Bertz CT molecular complexity index is 936. The fraction of sp³-hybridized carbons (Fsp3) is 0.350. The van der Waals surface area contributed by atoms with Crippen LogP contribution in [0.4, 0.5) is 10.7 Å². The molecule has 0 unspecified atom stereocenters. The second-order valence-electron chi connectivity index (χ2n) is 6.93. The Morgan fingerprint density at radius 3 is 2.68 bits per heavy atom. The number of anilines is 2. The maximum absolute atomic E-state index is 12.7.